The van der Waals surface area contributed by atoms with Gasteiger partial charge in [-0.25, -0.2) is 0 Å². The second-order valence-corrected chi connectivity index (χ2v) is 6.19. The van der Waals surface area contributed by atoms with E-state index in [1.165, 1.54) is 6.42 Å². The van der Waals surface area contributed by atoms with Crippen LogP contribution in [0.3, 0.4) is 0 Å². The van der Waals surface area contributed by atoms with Crippen molar-refractivity contribution in [1.29, 1.82) is 0 Å². The maximum atomic E-state index is 6.22. The van der Waals surface area contributed by atoms with Gasteiger partial charge >= 0.3 is 0 Å². The Hall–Kier alpha value is -0.400. The zero-order chi connectivity index (χ0) is 13.1. The van der Waals surface area contributed by atoms with Gasteiger partial charge in [0.1, 0.15) is 5.75 Å². The molecule has 1 aliphatic rings. The van der Waals surface area contributed by atoms with Crippen LogP contribution in [0.25, 0.3) is 0 Å². The Morgan fingerprint density at radius 1 is 1.17 bits per heavy atom. The first-order valence-electron chi connectivity index (χ1n) is 6.60. The van der Waals surface area contributed by atoms with Crippen molar-refractivity contribution < 1.29 is 4.74 Å². The molecule has 2 rings (SSSR count). The minimum Gasteiger partial charge on any atom is -0.489 e. The smallest absolute Gasteiger partial charge is 0.142 e. The van der Waals surface area contributed by atoms with E-state index in [1.54, 1.807) is 0 Å². The van der Waals surface area contributed by atoms with Crippen molar-refractivity contribution in [3.8, 4) is 5.75 Å². The summed E-state index contributed by atoms with van der Waals surface area (Å²) < 4.78 is 6.13. The molecule has 0 bridgehead atoms. The Balaban J connectivity index is 2.13. The number of benzene rings is 1. The molecule has 1 aromatic rings. The molecule has 0 saturated heterocycles. The third-order valence-electron chi connectivity index (χ3n) is 3.61. The monoisotopic (exact) mass is 286 g/mol. The molecule has 0 spiro atoms. The molecule has 1 aromatic carbocycles. The molecule has 1 aliphatic carbocycles. The minimum atomic E-state index is 0.269. The van der Waals surface area contributed by atoms with Gasteiger partial charge in [-0.15, -0.1) is 11.6 Å². The second-order valence-electron chi connectivity index (χ2n) is 5.52. The Bertz CT molecular complexity index is 395. The van der Waals surface area contributed by atoms with Crippen LogP contribution in [0.15, 0.2) is 18.2 Å². The first kappa shape index (κ1) is 14.0. The molecule has 2 atom stereocenters. The molecule has 1 fully saturated rings. The van der Waals surface area contributed by atoms with Crippen LogP contribution in [0.5, 0.6) is 5.75 Å². The molecule has 18 heavy (non-hydrogen) atoms. The van der Waals surface area contributed by atoms with E-state index in [-0.39, 0.29) is 6.10 Å². The van der Waals surface area contributed by atoms with Crippen molar-refractivity contribution in [2.45, 2.75) is 45.1 Å². The zero-order valence-electron chi connectivity index (χ0n) is 11.0. The highest BCUT2D eigenvalue weighted by Crippen LogP contribution is 2.36. The normalized spacial score (nSPS) is 28.1. The lowest BCUT2D eigenvalue weighted by molar-refractivity contribution is 0.100. The molecule has 0 heterocycles. The second kappa shape index (κ2) is 6.16. The summed E-state index contributed by atoms with van der Waals surface area (Å²) in [5, 5.41) is 0.666. The van der Waals surface area contributed by atoms with Gasteiger partial charge in [0.2, 0.25) is 0 Å². The van der Waals surface area contributed by atoms with E-state index in [2.05, 4.69) is 13.8 Å². The van der Waals surface area contributed by atoms with E-state index in [0.29, 0.717) is 10.9 Å². The fourth-order valence-electron chi connectivity index (χ4n) is 2.93. The first-order valence-corrected chi connectivity index (χ1v) is 7.51. The fraction of sp³-hybridized carbons (Fsp3) is 0.600. The third-order valence-corrected chi connectivity index (χ3v) is 4.20. The zero-order valence-corrected chi connectivity index (χ0v) is 12.5. The van der Waals surface area contributed by atoms with Crippen molar-refractivity contribution >= 4 is 23.2 Å². The fourth-order valence-corrected chi connectivity index (χ4v) is 3.38. The largest absolute Gasteiger partial charge is 0.489 e. The van der Waals surface area contributed by atoms with Crippen LogP contribution in [0.4, 0.5) is 0 Å². The number of hydrogen-bond donors (Lipinski definition) is 0. The van der Waals surface area contributed by atoms with Gasteiger partial charge in [0, 0.05) is 5.56 Å². The molecule has 100 valence electrons. The summed E-state index contributed by atoms with van der Waals surface area (Å²) >= 11 is 12.2. The number of para-hydroxylation sites is 1. The summed E-state index contributed by atoms with van der Waals surface area (Å²) in [6, 6.07) is 5.76. The molecule has 0 aliphatic heterocycles. The van der Waals surface area contributed by atoms with Crippen LogP contribution < -0.4 is 4.74 Å². The van der Waals surface area contributed by atoms with Gasteiger partial charge in [-0.2, -0.15) is 0 Å². The molecule has 2 unspecified atom stereocenters. The number of ether oxygens (including phenoxy) is 1. The van der Waals surface area contributed by atoms with Crippen molar-refractivity contribution in [2.75, 3.05) is 0 Å². The van der Waals surface area contributed by atoms with E-state index < -0.39 is 0 Å². The van der Waals surface area contributed by atoms with Gasteiger partial charge in [0.25, 0.3) is 0 Å². The molecule has 1 saturated carbocycles. The maximum absolute atomic E-state index is 6.22. The summed E-state index contributed by atoms with van der Waals surface area (Å²) in [5.41, 5.74) is 0.982. The molecule has 0 amide bonds. The van der Waals surface area contributed by atoms with Crippen molar-refractivity contribution in [3.05, 3.63) is 28.8 Å². The SMILES string of the molecule is CC1CC(C)CC(Oc2c(Cl)cccc2CCl)C1. The maximum Gasteiger partial charge on any atom is 0.142 e. The standard InChI is InChI=1S/C15H20Cl2O/c1-10-6-11(2)8-13(7-10)18-15-12(9-16)4-3-5-14(15)17/h3-5,10-11,13H,6-9H2,1-2H3. The molecule has 0 radical (unpaired) electrons. The molecule has 0 N–H and O–H groups in total. The Labute approximate surface area is 119 Å². The van der Waals surface area contributed by atoms with Crippen LogP contribution in [0.2, 0.25) is 5.02 Å². The van der Waals surface area contributed by atoms with Crippen molar-refractivity contribution in [3.63, 3.8) is 0 Å². The van der Waals surface area contributed by atoms with Gasteiger partial charge in [0.15, 0.2) is 0 Å². The number of hydrogen-bond acceptors (Lipinski definition) is 1. The summed E-state index contributed by atoms with van der Waals surface area (Å²) in [6.45, 7) is 4.59. The van der Waals surface area contributed by atoms with Crippen molar-refractivity contribution in [1.82, 2.24) is 0 Å². The van der Waals surface area contributed by atoms with E-state index in [4.69, 9.17) is 27.9 Å². The average Bonchev–Trinajstić information content (AvgIpc) is 2.30. The summed E-state index contributed by atoms with van der Waals surface area (Å²) in [7, 11) is 0. The third kappa shape index (κ3) is 3.33. The molecular formula is C15H20Cl2O. The molecule has 0 aromatic heterocycles. The van der Waals surface area contributed by atoms with Crippen LogP contribution in [0, 0.1) is 11.8 Å². The van der Waals surface area contributed by atoms with Crippen LogP contribution in [-0.2, 0) is 5.88 Å². The van der Waals surface area contributed by atoms with E-state index in [0.717, 1.165) is 36.0 Å². The molecule has 1 nitrogen and oxygen atoms in total. The number of halogens is 2. The highest BCUT2D eigenvalue weighted by Gasteiger charge is 2.26. The Morgan fingerprint density at radius 3 is 2.44 bits per heavy atom. The van der Waals surface area contributed by atoms with E-state index in [1.807, 2.05) is 18.2 Å². The predicted molar refractivity (Wildman–Crippen MR) is 77.6 cm³/mol. The number of alkyl halides is 1. The summed E-state index contributed by atoms with van der Waals surface area (Å²) in [5.74, 6) is 2.66. The Morgan fingerprint density at radius 2 is 1.83 bits per heavy atom. The molecular weight excluding hydrogens is 267 g/mol. The van der Waals surface area contributed by atoms with Gasteiger partial charge in [-0.1, -0.05) is 37.6 Å². The predicted octanol–water partition coefficient (Wildman–Crippen LogP) is 5.28. The van der Waals surface area contributed by atoms with Crippen LogP contribution >= 0.6 is 23.2 Å². The topological polar surface area (TPSA) is 9.23 Å². The van der Waals surface area contributed by atoms with E-state index >= 15 is 0 Å². The van der Waals surface area contributed by atoms with Crippen molar-refractivity contribution in [2.24, 2.45) is 11.8 Å². The van der Waals surface area contributed by atoms with Crippen LogP contribution in [0.1, 0.15) is 38.7 Å². The summed E-state index contributed by atoms with van der Waals surface area (Å²) in [6.07, 6.45) is 3.78. The first-order chi connectivity index (χ1) is 8.60. The highest BCUT2D eigenvalue weighted by molar-refractivity contribution is 6.32. The summed E-state index contributed by atoms with van der Waals surface area (Å²) in [4.78, 5) is 0. The molecule has 3 heteroatoms. The lowest BCUT2D eigenvalue weighted by atomic mass is 9.82. The lowest BCUT2D eigenvalue weighted by Gasteiger charge is -2.32. The minimum absolute atomic E-state index is 0.269. The van der Waals surface area contributed by atoms with Crippen LogP contribution in [-0.4, -0.2) is 6.10 Å². The van der Waals surface area contributed by atoms with Gasteiger partial charge in [-0.3, -0.25) is 0 Å². The Kier molecular flexibility index (Phi) is 4.80. The lowest BCUT2D eigenvalue weighted by Crippen LogP contribution is -2.28. The van der Waals surface area contributed by atoms with Gasteiger partial charge in [-0.05, 0) is 37.2 Å². The van der Waals surface area contributed by atoms with Gasteiger partial charge < -0.3 is 4.74 Å². The average molecular weight is 287 g/mol. The van der Waals surface area contributed by atoms with Gasteiger partial charge in [0.05, 0.1) is 17.0 Å². The number of rotatable bonds is 3. The highest BCUT2D eigenvalue weighted by atomic mass is 35.5. The quantitative estimate of drug-likeness (QED) is 0.687. The van der Waals surface area contributed by atoms with E-state index in [9.17, 15) is 0 Å².